The van der Waals surface area contributed by atoms with E-state index in [4.69, 9.17) is 0 Å². The van der Waals surface area contributed by atoms with Gasteiger partial charge >= 0.3 is 0 Å². The molecule has 1 atom stereocenters. The Morgan fingerprint density at radius 2 is 1.88 bits per heavy atom. The van der Waals surface area contributed by atoms with Gasteiger partial charge in [-0.15, -0.1) is 0 Å². The van der Waals surface area contributed by atoms with Crippen LogP contribution in [0.4, 0.5) is 11.6 Å². The van der Waals surface area contributed by atoms with Gasteiger partial charge in [0, 0.05) is 29.7 Å². The Labute approximate surface area is 151 Å². The van der Waals surface area contributed by atoms with E-state index in [0.29, 0.717) is 17.7 Å². The van der Waals surface area contributed by atoms with Crippen molar-refractivity contribution in [1.29, 1.82) is 0 Å². The predicted molar refractivity (Wildman–Crippen MR) is 97.1 cm³/mol. The Bertz CT molecular complexity index is 941. The fraction of sp³-hybridized carbons (Fsp3) is 0.294. The molecule has 1 aliphatic rings. The minimum absolute atomic E-state index is 0.0606. The summed E-state index contributed by atoms with van der Waals surface area (Å²) in [5.74, 6) is 0.00645. The van der Waals surface area contributed by atoms with Gasteiger partial charge < -0.3 is 10.6 Å². The molecule has 8 nitrogen and oxygen atoms in total. The van der Waals surface area contributed by atoms with Gasteiger partial charge in [0.1, 0.15) is 0 Å². The summed E-state index contributed by atoms with van der Waals surface area (Å²) in [4.78, 5) is 31.8. The molecule has 0 radical (unpaired) electrons. The van der Waals surface area contributed by atoms with Gasteiger partial charge in [-0.1, -0.05) is 12.1 Å². The van der Waals surface area contributed by atoms with Crippen molar-refractivity contribution in [2.75, 3.05) is 22.1 Å². The number of hydrogen-bond donors (Lipinski definition) is 2. The smallest absolute Gasteiger partial charge is 0.258 e. The van der Waals surface area contributed by atoms with E-state index in [1.807, 2.05) is 0 Å². The molecule has 9 heteroatoms. The molecule has 1 saturated heterocycles. The number of aromatic nitrogens is 2. The molecule has 3 rings (SSSR count). The lowest BCUT2D eigenvalue weighted by Gasteiger charge is -2.10. The highest BCUT2D eigenvalue weighted by Gasteiger charge is 2.28. The summed E-state index contributed by atoms with van der Waals surface area (Å²) >= 11 is 0. The number of nitrogens with one attached hydrogen (secondary N) is 2. The highest BCUT2D eigenvalue weighted by molar-refractivity contribution is 7.91. The number of sulfone groups is 1. The van der Waals surface area contributed by atoms with E-state index >= 15 is 0 Å². The topological polar surface area (TPSA) is 118 Å². The molecule has 136 valence electrons. The third kappa shape index (κ3) is 4.42. The van der Waals surface area contributed by atoms with Crippen molar-refractivity contribution in [1.82, 2.24) is 9.97 Å². The van der Waals surface area contributed by atoms with E-state index in [-0.39, 0.29) is 34.8 Å². The number of hydrogen-bond acceptors (Lipinski definition) is 7. The van der Waals surface area contributed by atoms with Crippen molar-refractivity contribution in [3.63, 3.8) is 0 Å². The van der Waals surface area contributed by atoms with Gasteiger partial charge in [0.05, 0.1) is 17.1 Å². The summed E-state index contributed by atoms with van der Waals surface area (Å²) in [7, 11) is -2.99. The number of Topliss-reactive ketones (excluding diaryl/α,β-unsaturated/α-hetero) is 1. The van der Waals surface area contributed by atoms with Crippen molar-refractivity contribution >= 4 is 33.2 Å². The minimum atomic E-state index is -2.99. The SMILES string of the molecule is CC(=O)c1cccc(NC(=O)c2cnc(NC3CCS(=O)(=O)C3)nc2)c1. The van der Waals surface area contributed by atoms with E-state index in [1.54, 1.807) is 24.3 Å². The van der Waals surface area contributed by atoms with Crippen LogP contribution in [0.1, 0.15) is 34.1 Å². The average Bonchev–Trinajstić information content (AvgIpc) is 2.94. The quantitative estimate of drug-likeness (QED) is 0.762. The van der Waals surface area contributed by atoms with Crippen LogP contribution in [-0.2, 0) is 9.84 Å². The van der Waals surface area contributed by atoms with Crippen LogP contribution in [0.3, 0.4) is 0 Å². The summed E-state index contributed by atoms with van der Waals surface area (Å²) in [5, 5.41) is 5.65. The maximum Gasteiger partial charge on any atom is 0.258 e. The van der Waals surface area contributed by atoms with Crippen molar-refractivity contribution in [2.24, 2.45) is 0 Å². The molecule has 0 saturated carbocycles. The molecule has 0 spiro atoms. The minimum Gasteiger partial charge on any atom is -0.350 e. The van der Waals surface area contributed by atoms with E-state index in [1.165, 1.54) is 19.3 Å². The molecule has 1 unspecified atom stereocenters. The Morgan fingerprint density at radius 3 is 2.50 bits per heavy atom. The Hall–Kier alpha value is -2.81. The van der Waals surface area contributed by atoms with Crippen molar-refractivity contribution in [3.8, 4) is 0 Å². The number of rotatable bonds is 5. The van der Waals surface area contributed by atoms with Crippen LogP contribution in [0, 0.1) is 0 Å². The molecule has 0 bridgehead atoms. The maximum atomic E-state index is 12.3. The highest BCUT2D eigenvalue weighted by atomic mass is 32.2. The van der Waals surface area contributed by atoms with Gasteiger partial charge in [0.25, 0.3) is 5.91 Å². The van der Waals surface area contributed by atoms with Crippen molar-refractivity contribution in [3.05, 3.63) is 47.8 Å². The number of carbonyl (C=O) groups excluding carboxylic acids is 2. The van der Waals surface area contributed by atoms with E-state index in [0.717, 1.165) is 0 Å². The zero-order valence-corrected chi connectivity index (χ0v) is 14.9. The molecule has 2 heterocycles. The fourth-order valence-corrected chi connectivity index (χ4v) is 4.30. The average molecular weight is 374 g/mol. The van der Waals surface area contributed by atoms with Crippen LogP contribution in [-0.4, -0.2) is 47.6 Å². The Balaban J connectivity index is 1.64. The molecule has 2 N–H and O–H groups in total. The molecule has 1 amide bonds. The second-order valence-corrected chi connectivity index (χ2v) is 8.36. The Morgan fingerprint density at radius 1 is 1.15 bits per heavy atom. The van der Waals surface area contributed by atoms with Crippen LogP contribution in [0.25, 0.3) is 0 Å². The Kier molecular flexibility index (Phi) is 4.99. The molecule has 1 aromatic carbocycles. The third-order valence-corrected chi connectivity index (χ3v) is 5.77. The molecule has 1 aliphatic heterocycles. The van der Waals surface area contributed by atoms with E-state index in [2.05, 4.69) is 20.6 Å². The third-order valence-electron chi connectivity index (χ3n) is 4.01. The van der Waals surface area contributed by atoms with Gasteiger partial charge in [-0.2, -0.15) is 0 Å². The first kappa shape index (κ1) is 18.0. The van der Waals surface area contributed by atoms with Crippen molar-refractivity contribution < 1.29 is 18.0 Å². The van der Waals surface area contributed by atoms with Crippen LogP contribution in [0.5, 0.6) is 0 Å². The zero-order valence-electron chi connectivity index (χ0n) is 14.1. The lowest BCUT2D eigenvalue weighted by atomic mass is 10.1. The van der Waals surface area contributed by atoms with Crippen LogP contribution < -0.4 is 10.6 Å². The summed E-state index contributed by atoms with van der Waals surface area (Å²) < 4.78 is 22.9. The molecule has 2 aromatic rings. The zero-order chi connectivity index (χ0) is 18.7. The molecule has 1 fully saturated rings. The number of carbonyl (C=O) groups is 2. The predicted octanol–water partition coefficient (Wildman–Crippen LogP) is 1.53. The first-order valence-electron chi connectivity index (χ1n) is 8.04. The van der Waals surface area contributed by atoms with Gasteiger partial charge in [-0.25, -0.2) is 18.4 Å². The van der Waals surface area contributed by atoms with Crippen molar-refractivity contribution in [2.45, 2.75) is 19.4 Å². The highest BCUT2D eigenvalue weighted by Crippen LogP contribution is 2.16. The monoisotopic (exact) mass is 374 g/mol. The molecule has 26 heavy (non-hydrogen) atoms. The normalized spacial score (nSPS) is 18.3. The summed E-state index contributed by atoms with van der Waals surface area (Å²) in [6, 6.07) is 6.42. The largest absolute Gasteiger partial charge is 0.350 e. The molecule has 1 aromatic heterocycles. The molecule has 0 aliphatic carbocycles. The van der Waals surface area contributed by atoms with Gasteiger partial charge in [-0.3, -0.25) is 9.59 Å². The summed E-state index contributed by atoms with van der Waals surface area (Å²) in [5.41, 5.74) is 1.26. The first-order valence-corrected chi connectivity index (χ1v) is 9.86. The van der Waals surface area contributed by atoms with Crippen LogP contribution >= 0.6 is 0 Å². The van der Waals surface area contributed by atoms with Gasteiger partial charge in [-0.05, 0) is 25.5 Å². The van der Waals surface area contributed by atoms with Crippen LogP contribution in [0.15, 0.2) is 36.7 Å². The number of anilines is 2. The number of ketones is 1. The van der Waals surface area contributed by atoms with Gasteiger partial charge in [0.15, 0.2) is 15.6 Å². The second-order valence-electron chi connectivity index (χ2n) is 6.13. The number of amides is 1. The molecular weight excluding hydrogens is 356 g/mol. The lowest BCUT2D eigenvalue weighted by molar-refractivity contribution is 0.101. The van der Waals surface area contributed by atoms with E-state index in [9.17, 15) is 18.0 Å². The maximum absolute atomic E-state index is 12.3. The summed E-state index contributed by atoms with van der Waals surface area (Å²) in [6.07, 6.45) is 3.24. The number of benzene rings is 1. The summed E-state index contributed by atoms with van der Waals surface area (Å²) in [6.45, 7) is 1.45. The van der Waals surface area contributed by atoms with E-state index < -0.39 is 15.7 Å². The fourth-order valence-electron chi connectivity index (χ4n) is 2.63. The lowest BCUT2D eigenvalue weighted by Crippen LogP contribution is -2.22. The number of nitrogens with zero attached hydrogens (tertiary/aromatic N) is 2. The standard InChI is InChI=1S/C17H18N4O4S/c1-11(22)12-3-2-4-14(7-12)20-16(23)13-8-18-17(19-9-13)21-15-5-6-26(24,25)10-15/h2-4,7-9,15H,5-6,10H2,1H3,(H,20,23)(H,18,19,21). The second kappa shape index (κ2) is 7.20. The van der Waals surface area contributed by atoms with Crippen LogP contribution in [0.2, 0.25) is 0 Å². The molecular formula is C17H18N4O4S. The van der Waals surface area contributed by atoms with Gasteiger partial charge in [0.2, 0.25) is 5.95 Å². The first-order chi connectivity index (χ1) is 12.3.